The number of aliphatic hydroxyl groups excluding tert-OH is 2. The van der Waals surface area contributed by atoms with E-state index in [4.69, 9.17) is 11.6 Å². The molecular weight excluding hydrogens is 287 g/mol. The Morgan fingerprint density at radius 2 is 2.05 bits per heavy atom. The van der Waals surface area contributed by atoms with Crippen molar-refractivity contribution in [3.05, 3.63) is 29.0 Å². The third kappa shape index (κ3) is 4.33. The second-order valence-corrected chi connectivity index (χ2v) is 5.45. The molecular formula is C13H18ClFN2O3. The van der Waals surface area contributed by atoms with Gasteiger partial charge in [-0.2, -0.15) is 0 Å². The Labute approximate surface area is 122 Å². The van der Waals surface area contributed by atoms with Crippen LogP contribution in [0, 0.1) is 11.2 Å². The maximum atomic E-state index is 13.0. The second kappa shape index (κ2) is 6.88. The van der Waals surface area contributed by atoms with Crippen LogP contribution >= 0.6 is 11.6 Å². The van der Waals surface area contributed by atoms with Crippen molar-refractivity contribution in [2.24, 2.45) is 5.41 Å². The molecule has 0 saturated heterocycles. The Morgan fingerprint density at radius 1 is 1.45 bits per heavy atom. The first-order valence-electron chi connectivity index (χ1n) is 6.00. The van der Waals surface area contributed by atoms with E-state index in [1.54, 1.807) is 6.92 Å². The highest BCUT2D eigenvalue weighted by Crippen LogP contribution is 2.20. The summed E-state index contributed by atoms with van der Waals surface area (Å²) in [6, 6.07) is 3.41. The topological polar surface area (TPSA) is 72.8 Å². The fraction of sp³-hybridized carbons (Fsp3) is 0.462. The number of nitrogens with zero attached hydrogens (tertiary/aromatic N) is 1. The first kappa shape index (κ1) is 16.7. The molecule has 2 amide bonds. The van der Waals surface area contributed by atoms with Crippen molar-refractivity contribution < 1.29 is 19.4 Å². The number of carbonyl (C=O) groups excluding carboxylic acids is 1. The maximum Gasteiger partial charge on any atom is 0.321 e. The molecule has 5 nitrogen and oxygen atoms in total. The van der Waals surface area contributed by atoms with E-state index >= 15 is 0 Å². The van der Waals surface area contributed by atoms with Gasteiger partial charge in [-0.25, -0.2) is 9.18 Å². The van der Waals surface area contributed by atoms with Gasteiger partial charge in [0.05, 0.1) is 18.2 Å². The lowest BCUT2D eigenvalue weighted by molar-refractivity contribution is 0.0509. The van der Waals surface area contributed by atoms with Gasteiger partial charge in [-0.1, -0.05) is 18.5 Å². The van der Waals surface area contributed by atoms with Gasteiger partial charge in [0, 0.05) is 24.7 Å². The molecule has 112 valence electrons. The zero-order valence-corrected chi connectivity index (χ0v) is 12.1. The largest absolute Gasteiger partial charge is 0.396 e. The van der Waals surface area contributed by atoms with Gasteiger partial charge in [0.25, 0.3) is 0 Å². The van der Waals surface area contributed by atoms with Crippen molar-refractivity contribution in [3.63, 3.8) is 0 Å². The molecule has 1 rings (SSSR count). The number of anilines is 1. The molecule has 0 atom stereocenters. The highest BCUT2D eigenvalue weighted by molar-refractivity contribution is 6.31. The van der Waals surface area contributed by atoms with Crippen LogP contribution in [-0.2, 0) is 0 Å². The Morgan fingerprint density at radius 3 is 2.55 bits per heavy atom. The minimum atomic E-state index is -0.785. The van der Waals surface area contributed by atoms with Gasteiger partial charge in [-0.05, 0) is 18.2 Å². The second-order valence-electron chi connectivity index (χ2n) is 5.04. The van der Waals surface area contributed by atoms with Crippen LogP contribution < -0.4 is 5.32 Å². The fourth-order valence-corrected chi connectivity index (χ4v) is 1.77. The van der Waals surface area contributed by atoms with Gasteiger partial charge in [0.15, 0.2) is 0 Å². The number of halogens is 2. The lowest BCUT2D eigenvalue weighted by Gasteiger charge is -2.30. The summed E-state index contributed by atoms with van der Waals surface area (Å²) in [5.41, 5.74) is -0.421. The zero-order chi connectivity index (χ0) is 15.3. The minimum absolute atomic E-state index is 0.0824. The molecule has 0 aliphatic heterocycles. The maximum absolute atomic E-state index is 13.0. The number of amides is 2. The molecule has 0 aliphatic carbocycles. The van der Waals surface area contributed by atoms with Gasteiger partial charge < -0.3 is 20.4 Å². The normalized spacial score (nSPS) is 11.3. The molecule has 0 radical (unpaired) electrons. The van der Waals surface area contributed by atoms with Crippen LogP contribution in [-0.4, -0.2) is 48.0 Å². The van der Waals surface area contributed by atoms with Crippen LogP contribution in [0.4, 0.5) is 14.9 Å². The fourth-order valence-electron chi connectivity index (χ4n) is 1.59. The molecule has 1 aromatic rings. The SMILES string of the molecule is CN(CC(C)(CO)CO)C(=O)Nc1ccc(F)c(Cl)c1. The predicted octanol–water partition coefficient (Wildman–Crippen LogP) is 1.93. The highest BCUT2D eigenvalue weighted by Gasteiger charge is 2.26. The van der Waals surface area contributed by atoms with E-state index < -0.39 is 17.3 Å². The molecule has 1 aromatic carbocycles. The van der Waals surface area contributed by atoms with Crippen LogP contribution in [0.3, 0.4) is 0 Å². The third-order valence-electron chi connectivity index (χ3n) is 2.90. The number of urea groups is 1. The lowest BCUT2D eigenvalue weighted by Crippen LogP contribution is -2.43. The average Bonchev–Trinajstić information content (AvgIpc) is 2.42. The number of nitrogens with one attached hydrogen (secondary N) is 1. The zero-order valence-electron chi connectivity index (χ0n) is 11.4. The van der Waals surface area contributed by atoms with Gasteiger partial charge >= 0.3 is 6.03 Å². The van der Waals surface area contributed by atoms with E-state index in [1.165, 1.54) is 24.1 Å². The summed E-state index contributed by atoms with van der Waals surface area (Å²) in [6.45, 7) is 1.33. The van der Waals surface area contributed by atoms with Crippen molar-refractivity contribution in [2.75, 3.05) is 32.1 Å². The number of carbonyl (C=O) groups is 1. The molecule has 0 unspecified atom stereocenters. The molecule has 20 heavy (non-hydrogen) atoms. The first-order valence-corrected chi connectivity index (χ1v) is 6.38. The van der Waals surface area contributed by atoms with Gasteiger partial charge in [-0.3, -0.25) is 0 Å². The summed E-state index contributed by atoms with van der Waals surface area (Å²) >= 11 is 5.62. The minimum Gasteiger partial charge on any atom is -0.396 e. The van der Waals surface area contributed by atoms with Crippen molar-refractivity contribution in [2.45, 2.75) is 6.92 Å². The Bertz CT molecular complexity index is 481. The molecule has 0 saturated carbocycles. The summed E-state index contributed by atoms with van der Waals surface area (Å²) < 4.78 is 13.0. The number of rotatable bonds is 5. The number of hydrogen-bond donors (Lipinski definition) is 3. The summed E-state index contributed by atoms with van der Waals surface area (Å²) in [5.74, 6) is -0.564. The lowest BCUT2D eigenvalue weighted by atomic mass is 9.92. The van der Waals surface area contributed by atoms with Crippen LogP contribution in [0.5, 0.6) is 0 Å². The molecule has 0 spiro atoms. The van der Waals surface area contributed by atoms with E-state index in [9.17, 15) is 19.4 Å². The van der Waals surface area contributed by atoms with E-state index in [0.717, 1.165) is 6.07 Å². The Balaban J connectivity index is 2.68. The van der Waals surface area contributed by atoms with Crippen LogP contribution in [0.2, 0.25) is 5.02 Å². The Kier molecular flexibility index (Phi) is 5.74. The van der Waals surface area contributed by atoms with Crippen LogP contribution in [0.1, 0.15) is 6.92 Å². The molecule has 7 heteroatoms. The number of benzene rings is 1. The molecule has 0 fully saturated rings. The van der Waals surface area contributed by atoms with Gasteiger partial charge in [0.1, 0.15) is 5.82 Å². The van der Waals surface area contributed by atoms with E-state index in [1.807, 2.05) is 0 Å². The summed E-state index contributed by atoms with van der Waals surface area (Å²) in [7, 11) is 1.53. The molecule has 3 N–H and O–H groups in total. The van der Waals surface area contributed by atoms with Crippen molar-refractivity contribution in [3.8, 4) is 0 Å². The van der Waals surface area contributed by atoms with Crippen molar-refractivity contribution in [1.82, 2.24) is 4.90 Å². The van der Waals surface area contributed by atoms with Crippen molar-refractivity contribution in [1.29, 1.82) is 0 Å². The van der Waals surface area contributed by atoms with Crippen molar-refractivity contribution >= 4 is 23.3 Å². The smallest absolute Gasteiger partial charge is 0.321 e. The van der Waals surface area contributed by atoms with E-state index in [2.05, 4.69) is 5.32 Å². The number of hydrogen-bond acceptors (Lipinski definition) is 3. The summed E-state index contributed by atoms with van der Waals surface area (Å²) in [5, 5.41) is 20.9. The first-order chi connectivity index (χ1) is 9.31. The molecule has 0 aliphatic rings. The quantitative estimate of drug-likeness (QED) is 0.778. The van der Waals surface area contributed by atoms with E-state index in [-0.39, 0.29) is 24.8 Å². The monoisotopic (exact) mass is 304 g/mol. The van der Waals surface area contributed by atoms with Gasteiger partial charge in [0.2, 0.25) is 0 Å². The molecule has 0 bridgehead atoms. The average molecular weight is 305 g/mol. The number of aliphatic hydroxyl groups is 2. The molecule has 0 aromatic heterocycles. The highest BCUT2D eigenvalue weighted by atomic mass is 35.5. The summed E-state index contributed by atoms with van der Waals surface area (Å²) in [4.78, 5) is 13.3. The van der Waals surface area contributed by atoms with Crippen LogP contribution in [0.25, 0.3) is 0 Å². The predicted molar refractivity (Wildman–Crippen MR) is 75.3 cm³/mol. The summed E-state index contributed by atoms with van der Waals surface area (Å²) in [6.07, 6.45) is 0. The molecule has 0 heterocycles. The Hall–Kier alpha value is -1.37. The van der Waals surface area contributed by atoms with Crippen LogP contribution in [0.15, 0.2) is 18.2 Å². The standard InChI is InChI=1S/C13H18ClFN2O3/c1-13(7-18,8-19)6-17(2)12(20)16-9-3-4-11(15)10(14)5-9/h3-5,18-19H,6-8H2,1-2H3,(H,16,20). The van der Waals surface area contributed by atoms with Gasteiger partial charge in [-0.15, -0.1) is 0 Å². The van der Waals surface area contributed by atoms with E-state index in [0.29, 0.717) is 5.69 Å². The third-order valence-corrected chi connectivity index (χ3v) is 3.19.